The highest BCUT2D eigenvalue weighted by Crippen LogP contribution is 2.27. The van der Waals surface area contributed by atoms with E-state index in [0.717, 1.165) is 122 Å². The van der Waals surface area contributed by atoms with Crippen molar-refractivity contribution in [2.45, 2.75) is 314 Å². The van der Waals surface area contributed by atoms with Gasteiger partial charge in [0.15, 0.2) is 24.6 Å². The normalized spacial score (nSPS) is 18.3. The molecule has 1 aliphatic rings. The summed E-state index contributed by atoms with van der Waals surface area (Å²) in [5.74, 6) is -3.17. The van der Waals surface area contributed by atoms with Crippen molar-refractivity contribution in [1.82, 2.24) is 0 Å². The summed E-state index contributed by atoms with van der Waals surface area (Å²) < 4.78 is 28.5. The molecule has 0 spiro atoms. The number of aliphatic carboxylic acids is 1. The van der Waals surface area contributed by atoms with Crippen LogP contribution in [-0.2, 0) is 42.9 Å². The summed E-state index contributed by atoms with van der Waals surface area (Å²) in [5, 5.41) is 31.6. The van der Waals surface area contributed by atoms with E-state index in [9.17, 15) is 34.5 Å². The third-order valence-electron chi connectivity index (χ3n) is 14.5. The summed E-state index contributed by atoms with van der Waals surface area (Å²) in [6, 6.07) is 0. The molecule has 0 aromatic rings. The number of hydrogen-bond donors (Lipinski definition) is 3. The molecule has 3 N–H and O–H groups in total. The highest BCUT2D eigenvalue weighted by atomic mass is 16.7. The zero-order valence-electron chi connectivity index (χ0n) is 51.3. The van der Waals surface area contributed by atoms with Gasteiger partial charge in [-0.2, -0.15) is 0 Å². The van der Waals surface area contributed by atoms with Crippen LogP contribution < -0.4 is 0 Å². The minimum Gasteiger partial charge on any atom is -0.479 e. The van der Waals surface area contributed by atoms with Crippen LogP contribution in [0.3, 0.4) is 0 Å². The fraction of sp³-hybridized carbons (Fsp3) is 0.739. The molecule has 6 atom stereocenters. The number of aliphatic hydroxyl groups is 2. The average molecular weight is 1140 g/mol. The Labute approximate surface area is 492 Å². The number of rotatable bonds is 55. The number of allylic oxidation sites excluding steroid dienone is 14. The molecule has 12 nitrogen and oxygen atoms in total. The van der Waals surface area contributed by atoms with Crippen LogP contribution >= 0.6 is 0 Å². The van der Waals surface area contributed by atoms with Crippen molar-refractivity contribution in [3.63, 3.8) is 0 Å². The lowest BCUT2D eigenvalue weighted by atomic mass is 9.98. The zero-order chi connectivity index (χ0) is 58.9. The Bertz CT molecular complexity index is 1730. The quantitative estimate of drug-likeness (QED) is 0.0228. The van der Waals surface area contributed by atoms with Crippen LogP contribution in [0.15, 0.2) is 85.1 Å². The number of carboxylic acids is 1. The molecule has 1 rings (SSSR count). The fourth-order valence-corrected chi connectivity index (χ4v) is 9.48. The van der Waals surface area contributed by atoms with Crippen LogP contribution in [0, 0.1) is 0 Å². The van der Waals surface area contributed by atoms with E-state index >= 15 is 0 Å². The number of carboxylic acid groups (broad SMARTS) is 1. The predicted molar refractivity (Wildman–Crippen MR) is 331 cm³/mol. The van der Waals surface area contributed by atoms with Crippen molar-refractivity contribution in [1.29, 1.82) is 0 Å². The van der Waals surface area contributed by atoms with E-state index in [1.54, 1.807) is 0 Å². The minimum atomic E-state index is -1.91. The van der Waals surface area contributed by atoms with Crippen LogP contribution in [0.4, 0.5) is 0 Å². The van der Waals surface area contributed by atoms with E-state index in [0.29, 0.717) is 19.3 Å². The van der Waals surface area contributed by atoms with Crippen molar-refractivity contribution in [2.24, 2.45) is 0 Å². The summed E-state index contributed by atoms with van der Waals surface area (Å²) >= 11 is 0. The van der Waals surface area contributed by atoms with Gasteiger partial charge in [-0.05, 0) is 96.3 Å². The smallest absolute Gasteiger partial charge is 0.335 e. The molecule has 1 saturated heterocycles. The van der Waals surface area contributed by atoms with Crippen LogP contribution in [0.5, 0.6) is 0 Å². The largest absolute Gasteiger partial charge is 0.479 e. The first-order valence-corrected chi connectivity index (χ1v) is 32.6. The summed E-state index contributed by atoms with van der Waals surface area (Å²) in [5.41, 5.74) is 0. The predicted octanol–water partition coefficient (Wildman–Crippen LogP) is 17.5. The Morgan fingerprint density at radius 3 is 1.22 bits per heavy atom. The van der Waals surface area contributed by atoms with Crippen molar-refractivity contribution < 1.29 is 58.2 Å². The van der Waals surface area contributed by atoms with Crippen molar-refractivity contribution in [3.05, 3.63) is 85.1 Å². The van der Waals surface area contributed by atoms with E-state index in [-0.39, 0.29) is 25.9 Å². The first-order chi connectivity index (χ1) is 39.6. The zero-order valence-corrected chi connectivity index (χ0v) is 51.3. The molecule has 1 aliphatic heterocycles. The average Bonchev–Trinajstić information content (AvgIpc) is 3.53. The number of ether oxygens (including phenoxy) is 5. The molecule has 6 unspecified atom stereocenters. The van der Waals surface area contributed by atoms with Crippen molar-refractivity contribution >= 4 is 23.9 Å². The van der Waals surface area contributed by atoms with Crippen molar-refractivity contribution in [3.8, 4) is 0 Å². The SMILES string of the molecule is CC/C=C\C/C=C\C/C=C\C/C=C\C/C=C\CCCCCC(=O)OCC(COC1OC(C(=O)O)C(O)C(O)C1OC(=O)CCCCCCCCCCCCCCCCCCC)OC(=O)CCCCCCC/C=C\C/C=C\CCCCC. The second-order valence-corrected chi connectivity index (χ2v) is 22.0. The molecule has 0 saturated carbocycles. The number of unbranched alkanes of at least 4 members (excludes halogenated alkanes) is 27. The van der Waals surface area contributed by atoms with Gasteiger partial charge in [-0.3, -0.25) is 14.4 Å². The van der Waals surface area contributed by atoms with Crippen LogP contribution in [-0.4, -0.2) is 89.2 Å². The lowest BCUT2D eigenvalue weighted by molar-refractivity contribution is -0.301. The van der Waals surface area contributed by atoms with Crippen LogP contribution in [0.2, 0.25) is 0 Å². The maximum atomic E-state index is 13.2. The molecule has 0 aliphatic carbocycles. The molecule has 464 valence electrons. The van der Waals surface area contributed by atoms with Gasteiger partial charge in [-0.15, -0.1) is 0 Å². The third kappa shape index (κ3) is 46.0. The van der Waals surface area contributed by atoms with Gasteiger partial charge in [-0.1, -0.05) is 247 Å². The molecule has 0 bridgehead atoms. The third-order valence-corrected chi connectivity index (χ3v) is 14.5. The van der Waals surface area contributed by atoms with E-state index in [1.165, 1.54) is 96.3 Å². The first-order valence-electron chi connectivity index (χ1n) is 32.6. The summed E-state index contributed by atoms with van der Waals surface area (Å²) in [7, 11) is 0. The number of carbonyl (C=O) groups is 4. The van der Waals surface area contributed by atoms with Gasteiger partial charge >= 0.3 is 23.9 Å². The van der Waals surface area contributed by atoms with Crippen LogP contribution in [0.1, 0.15) is 278 Å². The van der Waals surface area contributed by atoms with Gasteiger partial charge in [-0.25, -0.2) is 4.79 Å². The molecule has 0 aromatic heterocycles. The Hall–Kier alpha value is -4.10. The number of carbonyl (C=O) groups excluding carboxylic acids is 3. The maximum absolute atomic E-state index is 13.2. The Morgan fingerprint density at radius 2 is 0.778 bits per heavy atom. The number of aliphatic hydroxyl groups excluding tert-OH is 2. The van der Waals surface area contributed by atoms with Gasteiger partial charge in [0.25, 0.3) is 0 Å². The summed E-state index contributed by atoms with van der Waals surface area (Å²) in [6.07, 6.45) is 61.1. The van der Waals surface area contributed by atoms with E-state index in [4.69, 9.17) is 23.7 Å². The standard InChI is InChI=1S/C69H116O12/c1-4-7-10-13-16-19-22-25-28-30-31-33-35-37-40-43-46-49-52-55-61(70)77-58-60(79-62(71)56-53-50-47-44-41-38-34-27-24-21-18-15-12-9-6-3)59-78-69-67(65(74)64(73)66(81-69)68(75)76)80-63(72)57-54-51-48-45-42-39-36-32-29-26-23-20-17-14-11-8-5-2/h7,10,16,18-19,21,25,27-28,31,33-34,37,40,60,64-67,69,73-74H,4-6,8-9,11-15,17,20,22-24,26,29-30,32,35-36,38-39,41-59H2,1-3H3,(H,75,76)/b10-7-,19-16-,21-18-,28-25-,33-31-,34-27-,40-37-. The molecule has 0 amide bonds. The highest BCUT2D eigenvalue weighted by molar-refractivity contribution is 5.74. The van der Waals surface area contributed by atoms with Gasteiger partial charge in [0.05, 0.1) is 6.61 Å². The molecule has 0 aromatic carbocycles. The van der Waals surface area contributed by atoms with Crippen LogP contribution in [0.25, 0.3) is 0 Å². The maximum Gasteiger partial charge on any atom is 0.335 e. The van der Waals surface area contributed by atoms with E-state index in [2.05, 4.69) is 106 Å². The van der Waals surface area contributed by atoms with Gasteiger partial charge in [0.2, 0.25) is 0 Å². The Balaban J connectivity index is 2.69. The minimum absolute atomic E-state index is 0.0563. The highest BCUT2D eigenvalue weighted by Gasteiger charge is 2.50. The van der Waals surface area contributed by atoms with E-state index in [1.807, 2.05) is 0 Å². The topological polar surface area (TPSA) is 175 Å². The molecule has 1 fully saturated rings. The lowest BCUT2D eigenvalue weighted by Crippen LogP contribution is -2.61. The summed E-state index contributed by atoms with van der Waals surface area (Å²) in [4.78, 5) is 51.3. The molecular formula is C69H116O12. The molecule has 1 heterocycles. The number of esters is 3. The first kappa shape index (κ1) is 74.9. The number of hydrogen-bond acceptors (Lipinski definition) is 11. The molecule has 0 radical (unpaired) electrons. The summed E-state index contributed by atoms with van der Waals surface area (Å²) in [6.45, 7) is 5.84. The van der Waals surface area contributed by atoms with Gasteiger partial charge in [0.1, 0.15) is 18.8 Å². The molecular weight excluding hydrogens is 1020 g/mol. The van der Waals surface area contributed by atoms with E-state index < -0.39 is 67.3 Å². The molecule has 12 heteroatoms. The van der Waals surface area contributed by atoms with Gasteiger partial charge in [0, 0.05) is 19.3 Å². The lowest BCUT2D eigenvalue weighted by Gasteiger charge is -2.40. The molecule has 81 heavy (non-hydrogen) atoms. The Morgan fingerprint density at radius 1 is 0.420 bits per heavy atom. The van der Waals surface area contributed by atoms with Gasteiger partial charge < -0.3 is 39.0 Å². The second kappa shape index (κ2) is 56.4. The monoisotopic (exact) mass is 1140 g/mol. The van der Waals surface area contributed by atoms with Crippen molar-refractivity contribution in [2.75, 3.05) is 13.2 Å². The second-order valence-electron chi connectivity index (χ2n) is 22.0. The Kier molecular flexibility index (Phi) is 52.1. The fourth-order valence-electron chi connectivity index (χ4n) is 9.48.